The third-order valence-electron chi connectivity index (χ3n) is 5.17. The van der Waals surface area contributed by atoms with Crippen molar-refractivity contribution in [1.29, 1.82) is 0 Å². The van der Waals surface area contributed by atoms with Crippen LogP contribution in [0.4, 0.5) is 8.78 Å². The highest BCUT2D eigenvalue weighted by Crippen LogP contribution is 2.39. The third kappa shape index (κ3) is 3.44. The molecule has 1 aliphatic heterocycles. The Labute approximate surface area is 142 Å². The van der Waals surface area contributed by atoms with E-state index in [0.717, 1.165) is 39.0 Å². The summed E-state index contributed by atoms with van der Waals surface area (Å²) in [6, 6.07) is 2.43. The van der Waals surface area contributed by atoms with Gasteiger partial charge in [-0.3, -0.25) is 14.6 Å². The van der Waals surface area contributed by atoms with Gasteiger partial charge in [0, 0.05) is 45.3 Å². The van der Waals surface area contributed by atoms with Crippen LogP contribution in [-0.4, -0.2) is 67.4 Å². The maximum atomic E-state index is 14.3. The summed E-state index contributed by atoms with van der Waals surface area (Å²) < 4.78 is 28.2. The fourth-order valence-electron chi connectivity index (χ4n) is 3.81. The largest absolute Gasteiger partial charge is 0.348 e. The van der Waals surface area contributed by atoms with Crippen LogP contribution in [0.3, 0.4) is 0 Å². The van der Waals surface area contributed by atoms with Crippen LogP contribution in [0.5, 0.6) is 0 Å². The van der Waals surface area contributed by atoms with Crippen molar-refractivity contribution in [2.45, 2.75) is 25.3 Å². The summed E-state index contributed by atoms with van der Waals surface area (Å²) in [4.78, 5) is 17.9. The fraction of sp³-hybridized carbons (Fsp3) is 0.611. The van der Waals surface area contributed by atoms with E-state index in [4.69, 9.17) is 0 Å². The molecule has 0 spiro atoms. The Kier molecular flexibility index (Phi) is 5.15. The second-order valence-electron chi connectivity index (χ2n) is 6.93. The van der Waals surface area contributed by atoms with Crippen molar-refractivity contribution in [3.8, 4) is 0 Å². The van der Waals surface area contributed by atoms with Gasteiger partial charge < -0.3 is 4.90 Å². The first-order valence-corrected chi connectivity index (χ1v) is 8.60. The van der Waals surface area contributed by atoms with Crippen molar-refractivity contribution in [3.63, 3.8) is 0 Å². The molecule has 1 aromatic rings. The van der Waals surface area contributed by atoms with Gasteiger partial charge in [0.25, 0.3) is 0 Å². The average molecular weight is 337 g/mol. The smallest absolute Gasteiger partial charge is 0.236 e. The van der Waals surface area contributed by atoms with Crippen LogP contribution in [0.1, 0.15) is 30.0 Å². The minimum Gasteiger partial charge on any atom is -0.348 e. The summed E-state index contributed by atoms with van der Waals surface area (Å²) in [5, 5.41) is 0. The number of hydrogen-bond acceptors (Lipinski definition) is 3. The van der Waals surface area contributed by atoms with Gasteiger partial charge in [-0.25, -0.2) is 8.78 Å². The molecule has 0 bridgehead atoms. The zero-order valence-electron chi connectivity index (χ0n) is 14.4. The molecule has 1 fully saturated rings. The Morgan fingerprint density at radius 1 is 1.17 bits per heavy atom. The lowest BCUT2D eigenvalue weighted by Crippen LogP contribution is -2.39. The molecule has 4 nitrogen and oxygen atoms in total. The molecule has 0 N–H and O–H groups in total. The van der Waals surface area contributed by atoms with Crippen LogP contribution < -0.4 is 0 Å². The summed E-state index contributed by atoms with van der Waals surface area (Å²) in [5.41, 5.74) is 1.09. The number of fused-ring (bicyclic) bond motifs is 1. The second kappa shape index (κ2) is 7.15. The van der Waals surface area contributed by atoms with E-state index in [2.05, 4.69) is 9.80 Å². The van der Waals surface area contributed by atoms with Gasteiger partial charge in [-0.15, -0.1) is 0 Å². The van der Waals surface area contributed by atoms with Crippen molar-refractivity contribution in [1.82, 2.24) is 14.7 Å². The van der Waals surface area contributed by atoms with Gasteiger partial charge in [0.1, 0.15) is 11.6 Å². The molecule has 0 saturated carbocycles. The molecule has 1 heterocycles. The topological polar surface area (TPSA) is 26.8 Å². The summed E-state index contributed by atoms with van der Waals surface area (Å²) in [6.45, 7) is 3.70. The molecule has 1 amide bonds. The fourth-order valence-corrected chi connectivity index (χ4v) is 3.81. The lowest BCUT2D eigenvalue weighted by atomic mass is 10.1. The minimum atomic E-state index is -0.294. The van der Waals surface area contributed by atoms with Crippen LogP contribution in [0.25, 0.3) is 0 Å². The Bertz CT molecular complexity index is 621. The highest BCUT2D eigenvalue weighted by molar-refractivity contribution is 5.77. The van der Waals surface area contributed by atoms with Crippen LogP contribution in [0, 0.1) is 11.6 Å². The summed E-state index contributed by atoms with van der Waals surface area (Å²) in [7, 11) is 3.53. The number of carbonyl (C=O) groups excluding carboxylic acids is 1. The number of hydrogen-bond donors (Lipinski definition) is 0. The van der Waals surface area contributed by atoms with Crippen molar-refractivity contribution in [2.75, 3.05) is 46.8 Å². The van der Waals surface area contributed by atoms with Gasteiger partial charge in [-0.2, -0.15) is 0 Å². The number of likely N-dealkylation sites (N-methyl/N-ethyl adjacent to an activating group) is 1. The Morgan fingerprint density at radius 2 is 1.92 bits per heavy atom. The molecular formula is C18H25F2N3O. The van der Waals surface area contributed by atoms with E-state index in [0.29, 0.717) is 24.1 Å². The minimum absolute atomic E-state index is 0.0415. The molecule has 3 rings (SSSR count). The first-order chi connectivity index (χ1) is 11.5. The summed E-state index contributed by atoms with van der Waals surface area (Å²) in [5.74, 6) is -0.484. The molecule has 0 unspecified atom stereocenters. The monoisotopic (exact) mass is 337 g/mol. The van der Waals surface area contributed by atoms with Crippen LogP contribution >= 0.6 is 0 Å². The number of halogens is 2. The predicted molar refractivity (Wildman–Crippen MR) is 88.7 cm³/mol. The maximum Gasteiger partial charge on any atom is 0.236 e. The zero-order chi connectivity index (χ0) is 17.3. The summed E-state index contributed by atoms with van der Waals surface area (Å²) >= 11 is 0. The lowest BCUT2D eigenvalue weighted by molar-refractivity contribution is -0.129. The molecule has 6 heteroatoms. The molecule has 1 aliphatic carbocycles. The van der Waals surface area contributed by atoms with Gasteiger partial charge in [-0.1, -0.05) is 0 Å². The molecule has 0 radical (unpaired) electrons. The summed E-state index contributed by atoms with van der Waals surface area (Å²) in [6.07, 6.45) is 2.30. The van der Waals surface area contributed by atoms with E-state index in [-0.39, 0.29) is 23.6 Å². The van der Waals surface area contributed by atoms with Crippen molar-refractivity contribution in [3.05, 3.63) is 34.9 Å². The molecule has 1 saturated heterocycles. The van der Waals surface area contributed by atoms with Gasteiger partial charge in [-0.05, 0) is 43.5 Å². The van der Waals surface area contributed by atoms with E-state index in [1.165, 1.54) is 12.1 Å². The molecule has 1 aromatic carbocycles. The number of nitrogens with zero attached hydrogens (tertiary/aromatic N) is 3. The molecule has 2 aliphatic rings. The van der Waals surface area contributed by atoms with Gasteiger partial charge in [0.05, 0.1) is 6.54 Å². The van der Waals surface area contributed by atoms with E-state index >= 15 is 0 Å². The van der Waals surface area contributed by atoms with Crippen molar-refractivity contribution < 1.29 is 13.6 Å². The molecule has 132 valence electrons. The standard InChI is InChI=1S/C18H25F2N3O/c1-21(2)17(24)12-22-8-3-9-23(11-10-22)16-7-4-13-14(19)5-6-15(20)18(13)16/h5-6,16H,3-4,7-12H2,1-2H3/t16-/m1/s1. The molecular weight excluding hydrogens is 312 g/mol. The highest BCUT2D eigenvalue weighted by Gasteiger charge is 2.33. The quantitative estimate of drug-likeness (QED) is 0.845. The van der Waals surface area contributed by atoms with Crippen molar-refractivity contribution >= 4 is 5.91 Å². The first-order valence-electron chi connectivity index (χ1n) is 8.60. The number of rotatable bonds is 3. The highest BCUT2D eigenvalue weighted by atomic mass is 19.1. The molecule has 1 atom stereocenters. The first kappa shape index (κ1) is 17.3. The van der Waals surface area contributed by atoms with Gasteiger partial charge in [0.15, 0.2) is 0 Å². The Balaban J connectivity index is 1.68. The predicted octanol–water partition coefficient (Wildman–Crippen LogP) is 2.05. The normalized spacial score (nSPS) is 22.2. The van der Waals surface area contributed by atoms with Gasteiger partial charge in [0.2, 0.25) is 5.91 Å². The Hall–Kier alpha value is -1.53. The maximum absolute atomic E-state index is 14.3. The van der Waals surface area contributed by atoms with Crippen LogP contribution in [0.15, 0.2) is 12.1 Å². The zero-order valence-corrected chi connectivity index (χ0v) is 14.4. The van der Waals surface area contributed by atoms with Crippen molar-refractivity contribution in [2.24, 2.45) is 0 Å². The average Bonchev–Trinajstić information content (AvgIpc) is 2.87. The third-order valence-corrected chi connectivity index (χ3v) is 5.17. The van der Waals surface area contributed by atoms with Gasteiger partial charge >= 0.3 is 0 Å². The van der Waals surface area contributed by atoms with E-state index < -0.39 is 0 Å². The van der Waals surface area contributed by atoms with E-state index in [1.807, 2.05) is 0 Å². The van der Waals surface area contributed by atoms with E-state index in [1.54, 1.807) is 19.0 Å². The second-order valence-corrected chi connectivity index (χ2v) is 6.93. The van der Waals surface area contributed by atoms with Crippen LogP contribution in [0.2, 0.25) is 0 Å². The SMILES string of the molecule is CN(C)C(=O)CN1CCCN([C@@H]2CCc3c(F)ccc(F)c32)CC1. The van der Waals surface area contributed by atoms with Crippen LogP contribution in [-0.2, 0) is 11.2 Å². The number of amides is 1. The Morgan fingerprint density at radius 3 is 2.67 bits per heavy atom. The number of carbonyl (C=O) groups is 1. The molecule has 0 aromatic heterocycles. The van der Waals surface area contributed by atoms with E-state index in [9.17, 15) is 13.6 Å². The molecule has 24 heavy (non-hydrogen) atoms. The lowest BCUT2D eigenvalue weighted by Gasteiger charge is -2.28. The number of benzene rings is 1.